The van der Waals surface area contributed by atoms with Crippen molar-refractivity contribution in [2.75, 3.05) is 6.54 Å². The molecule has 1 aliphatic carbocycles. The van der Waals surface area contributed by atoms with Crippen molar-refractivity contribution in [2.45, 2.75) is 45.6 Å². The van der Waals surface area contributed by atoms with Crippen molar-refractivity contribution < 1.29 is 0 Å². The van der Waals surface area contributed by atoms with Crippen LogP contribution in [0.5, 0.6) is 0 Å². The molecule has 1 aromatic heterocycles. The molecule has 0 spiro atoms. The molecule has 2 aromatic rings. The van der Waals surface area contributed by atoms with E-state index in [1.807, 2.05) is 12.3 Å². The number of fused-ring (bicyclic) bond motifs is 1. The van der Waals surface area contributed by atoms with Gasteiger partial charge in [-0.3, -0.25) is 4.98 Å². The Kier molecular flexibility index (Phi) is 4.54. The lowest BCUT2D eigenvalue weighted by Gasteiger charge is -2.33. The Hall–Kier alpha value is -1.41. The van der Waals surface area contributed by atoms with Crippen molar-refractivity contribution in [2.24, 2.45) is 11.8 Å². The largest absolute Gasteiger partial charge is 0.310 e. The van der Waals surface area contributed by atoms with Gasteiger partial charge in [-0.25, -0.2) is 0 Å². The van der Waals surface area contributed by atoms with Gasteiger partial charge >= 0.3 is 0 Å². The third-order valence-electron chi connectivity index (χ3n) is 4.94. The summed E-state index contributed by atoms with van der Waals surface area (Å²) < 4.78 is 0. The second-order valence-corrected chi connectivity index (χ2v) is 6.51. The van der Waals surface area contributed by atoms with Gasteiger partial charge in [-0.15, -0.1) is 0 Å². The first-order chi connectivity index (χ1) is 10.3. The number of hydrogen-bond donors (Lipinski definition) is 1. The smallest absolute Gasteiger partial charge is 0.0702 e. The summed E-state index contributed by atoms with van der Waals surface area (Å²) in [5, 5.41) is 4.98. The molecule has 1 heterocycles. The molecule has 0 saturated heterocycles. The second-order valence-electron chi connectivity index (χ2n) is 6.51. The molecule has 1 aliphatic rings. The van der Waals surface area contributed by atoms with Crippen LogP contribution in [-0.4, -0.2) is 11.5 Å². The fourth-order valence-electron chi connectivity index (χ4n) is 3.68. The normalized spacial score (nSPS) is 24.1. The van der Waals surface area contributed by atoms with E-state index in [1.54, 1.807) is 0 Å². The Morgan fingerprint density at radius 3 is 2.76 bits per heavy atom. The van der Waals surface area contributed by atoms with Gasteiger partial charge in [-0.1, -0.05) is 38.8 Å². The van der Waals surface area contributed by atoms with Crippen molar-refractivity contribution in [3.8, 4) is 0 Å². The van der Waals surface area contributed by atoms with E-state index in [1.165, 1.54) is 36.6 Å². The van der Waals surface area contributed by atoms with Crippen LogP contribution in [0.3, 0.4) is 0 Å². The minimum atomic E-state index is 0.493. The SMILES string of the molecule is CCNC(c1ccc2ncccc2c1)C1CCC(C)CC1. The van der Waals surface area contributed by atoms with Crippen LogP contribution in [0.1, 0.15) is 51.1 Å². The summed E-state index contributed by atoms with van der Waals surface area (Å²) >= 11 is 0. The fourth-order valence-corrected chi connectivity index (χ4v) is 3.68. The summed E-state index contributed by atoms with van der Waals surface area (Å²) in [5.41, 5.74) is 2.52. The van der Waals surface area contributed by atoms with Crippen LogP contribution in [0.15, 0.2) is 36.5 Å². The Bertz CT molecular complexity index is 585. The predicted molar refractivity (Wildman–Crippen MR) is 89.3 cm³/mol. The van der Waals surface area contributed by atoms with Crippen LogP contribution in [0, 0.1) is 11.8 Å². The van der Waals surface area contributed by atoms with Crippen LogP contribution >= 0.6 is 0 Å². The Morgan fingerprint density at radius 2 is 2.00 bits per heavy atom. The van der Waals surface area contributed by atoms with E-state index in [-0.39, 0.29) is 0 Å². The molecular formula is C19H26N2. The summed E-state index contributed by atoms with van der Waals surface area (Å²) in [6, 6.07) is 11.4. The van der Waals surface area contributed by atoms with Crippen LogP contribution in [0.25, 0.3) is 10.9 Å². The maximum Gasteiger partial charge on any atom is 0.0702 e. The standard InChI is InChI=1S/C19H26N2/c1-3-20-19(15-8-6-14(2)7-9-15)17-10-11-18-16(13-17)5-4-12-21-18/h4-5,10-15,19-20H,3,6-9H2,1-2H3. The van der Waals surface area contributed by atoms with Gasteiger partial charge in [0.25, 0.3) is 0 Å². The average molecular weight is 282 g/mol. The van der Waals surface area contributed by atoms with E-state index in [0.717, 1.165) is 23.9 Å². The van der Waals surface area contributed by atoms with Gasteiger partial charge in [-0.2, -0.15) is 0 Å². The average Bonchev–Trinajstić information content (AvgIpc) is 2.53. The molecule has 1 aromatic carbocycles. The van der Waals surface area contributed by atoms with Crippen molar-refractivity contribution >= 4 is 10.9 Å². The number of pyridine rings is 1. The zero-order valence-corrected chi connectivity index (χ0v) is 13.2. The molecule has 1 fully saturated rings. The first-order valence-electron chi connectivity index (χ1n) is 8.36. The molecular weight excluding hydrogens is 256 g/mol. The van der Waals surface area contributed by atoms with Gasteiger partial charge in [0, 0.05) is 17.6 Å². The number of nitrogens with zero attached hydrogens (tertiary/aromatic N) is 1. The highest BCUT2D eigenvalue weighted by atomic mass is 14.9. The minimum absolute atomic E-state index is 0.493. The molecule has 0 radical (unpaired) electrons. The first-order valence-corrected chi connectivity index (χ1v) is 8.36. The zero-order chi connectivity index (χ0) is 14.7. The molecule has 1 saturated carbocycles. The highest BCUT2D eigenvalue weighted by molar-refractivity contribution is 5.79. The van der Waals surface area contributed by atoms with Crippen LogP contribution in [0.4, 0.5) is 0 Å². The number of aromatic nitrogens is 1. The van der Waals surface area contributed by atoms with E-state index in [9.17, 15) is 0 Å². The molecule has 21 heavy (non-hydrogen) atoms. The topological polar surface area (TPSA) is 24.9 Å². The molecule has 1 atom stereocenters. The highest BCUT2D eigenvalue weighted by Gasteiger charge is 2.26. The maximum atomic E-state index is 4.43. The van der Waals surface area contributed by atoms with E-state index in [0.29, 0.717) is 6.04 Å². The summed E-state index contributed by atoms with van der Waals surface area (Å²) in [6.07, 6.45) is 7.32. The number of rotatable bonds is 4. The lowest BCUT2D eigenvalue weighted by atomic mass is 9.77. The zero-order valence-electron chi connectivity index (χ0n) is 13.2. The van der Waals surface area contributed by atoms with Crippen molar-refractivity contribution in [1.82, 2.24) is 10.3 Å². The van der Waals surface area contributed by atoms with E-state index in [4.69, 9.17) is 0 Å². The summed E-state index contributed by atoms with van der Waals surface area (Å²) in [6.45, 7) is 5.63. The van der Waals surface area contributed by atoms with E-state index >= 15 is 0 Å². The van der Waals surface area contributed by atoms with Gasteiger partial charge in [0.2, 0.25) is 0 Å². The molecule has 2 heteroatoms. The molecule has 3 rings (SSSR count). The fraction of sp³-hybridized carbons (Fsp3) is 0.526. The van der Waals surface area contributed by atoms with Crippen LogP contribution in [-0.2, 0) is 0 Å². The molecule has 0 bridgehead atoms. The molecule has 0 amide bonds. The Morgan fingerprint density at radius 1 is 1.19 bits per heavy atom. The molecule has 0 aliphatic heterocycles. The first kappa shape index (κ1) is 14.5. The van der Waals surface area contributed by atoms with Gasteiger partial charge in [0.05, 0.1) is 5.52 Å². The van der Waals surface area contributed by atoms with E-state index in [2.05, 4.69) is 48.4 Å². The lowest BCUT2D eigenvalue weighted by Crippen LogP contribution is -2.30. The molecule has 1 unspecified atom stereocenters. The Balaban J connectivity index is 1.87. The summed E-state index contributed by atoms with van der Waals surface area (Å²) in [7, 11) is 0. The van der Waals surface area contributed by atoms with Gasteiger partial charge < -0.3 is 5.32 Å². The summed E-state index contributed by atoms with van der Waals surface area (Å²) in [4.78, 5) is 4.43. The van der Waals surface area contributed by atoms with E-state index < -0.39 is 0 Å². The van der Waals surface area contributed by atoms with Crippen LogP contribution < -0.4 is 5.32 Å². The maximum absolute atomic E-state index is 4.43. The number of nitrogens with one attached hydrogen (secondary N) is 1. The quantitative estimate of drug-likeness (QED) is 0.878. The second kappa shape index (κ2) is 6.57. The number of benzene rings is 1. The predicted octanol–water partition coefficient (Wildman–Crippen LogP) is 4.71. The van der Waals surface area contributed by atoms with Crippen molar-refractivity contribution in [3.05, 3.63) is 42.1 Å². The Labute approximate surface area is 128 Å². The molecule has 2 nitrogen and oxygen atoms in total. The highest BCUT2D eigenvalue weighted by Crippen LogP contribution is 2.37. The molecule has 1 N–H and O–H groups in total. The van der Waals surface area contributed by atoms with Crippen molar-refractivity contribution in [1.29, 1.82) is 0 Å². The van der Waals surface area contributed by atoms with Gasteiger partial charge in [-0.05, 0) is 55.0 Å². The van der Waals surface area contributed by atoms with Gasteiger partial charge in [0.1, 0.15) is 0 Å². The lowest BCUT2D eigenvalue weighted by molar-refractivity contribution is 0.233. The third kappa shape index (κ3) is 3.26. The summed E-state index contributed by atoms with van der Waals surface area (Å²) in [5.74, 6) is 1.68. The van der Waals surface area contributed by atoms with Crippen LogP contribution in [0.2, 0.25) is 0 Å². The van der Waals surface area contributed by atoms with Gasteiger partial charge in [0.15, 0.2) is 0 Å². The monoisotopic (exact) mass is 282 g/mol. The van der Waals surface area contributed by atoms with Crippen molar-refractivity contribution in [3.63, 3.8) is 0 Å². The number of hydrogen-bond acceptors (Lipinski definition) is 2. The third-order valence-corrected chi connectivity index (χ3v) is 4.94. The molecule has 112 valence electrons. The minimum Gasteiger partial charge on any atom is -0.310 e.